The zero-order chi connectivity index (χ0) is 7.11. The first kappa shape index (κ1) is 8.22. The Kier molecular flexibility index (Phi) is 4.89. The summed E-state index contributed by atoms with van der Waals surface area (Å²) in [7, 11) is 0. The average molecular weight is 122 g/mol. The lowest BCUT2D eigenvalue weighted by atomic mass is 10.2. The van der Waals surface area contributed by atoms with Crippen LogP contribution in [0.1, 0.15) is 19.8 Å². The number of allylic oxidation sites excluding steroid dienone is 4. The molecule has 0 radical (unpaired) electrons. The van der Waals surface area contributed by atoms with Gasteiger partial charge in [0.2, 0.25) is 0 Å². The van der Waals surface area contributed by atoms with E-state index >= 15 is 0 Å². The van der Waals surface area contributed by atoms with Crippen LogP contribution in [-0.2, 0) is 0 Å². The fourth-order valence-electron chi connectivity index (χ4n) is 0.561. The van der Waals surface area contributed by atoms with Crippen molar-refractivity contribution in [2.75, 3.05) is 0 Å². The Bertz CT molecular complexity index is 108. The summed E-state index contributed by atoms with van der Waals surface area (Å²) in [5, 5.41) is 0. The van der Waals surface area contributed by atoms with E-state index in [1.807, 2.05) is 12.2 Å². The molecule has 0 amide bonds. The maximum Gasteiger partial charge on any atom is -0.0308 e. The number of unbranched alkanes of at least 4 members (excludes halogenated alkanes) is 1. The minimum atomic E-state index is 1.12. The fraction of sp³-hybridized carbons (Fsp3) is 0.333. The van der Waals surface area contributed by atoms with Crippen molar-refractivity contribution in [1.29, 1.82) is 0 Å². The van der Waals surface area contributed by atoms with Gasteiger partial charge < -0.3 is 0 Å². The summed E-state index contributed by atoms with van der Waals surface area (Å²) in [5.41, 5.74) is 1.14. The molecule has 9 heavy (non-hydrogen) atoms. The Morgan fingerprint density at radius 3 is 2.22 bits per heavy atom. The van der Waals surface area contributed by atoms with E-state index in [1.54, 1.807) is 0 Å². The first-order valence-electron chi connectivity index (χ1n) is 3.30. The van der Waals surface area contributed by atoms with Gasteiger partial charge in [-0.25, -0.2) is 0 Å². The Labute approximate surface area is 57.6 Å². The molecule has 0 aliphatic carbocycles. The van der Waals surface area contributed by atoms with Crippen LogP contribution >= 0.6 is 0 Å². The summed E-state index contributed by atoms with van der Waals surface area (Å²) in [6.07, 6.45) is 8.09. The second-order valence-electron chi connectivity index (χ2n) is 1.90. The van der Waals surface area contributed by atoms with Gasteiger partial charge in [-0.05, 0) is 12.0 Å². The largest absolute Gasteiger partial charge is 0.0985 e. The molecule has 0 aromatic rings. The van der Waals surface area contributed by atoms with Gasteiger partial charge in [-0.15, -0.1) is 0 Å². The van der Waals surface area contributed by atoms with Gasteiger partial charge >= 0.3 is 0 Å². The van der Waals surface area contributed by atoms with Crippen LogP contribution in [0.15, 0.2) is 37.0 Å². The first-order valence-corrected chi connectivity index (χ1v) is 3.30. The van der Waals surface area contributed by atoms with Gasteiger partial charge in [-0.3, -0.25) is 0 Å². The number of rotatable bonds is 4. The van der Waals surface area contributed by atoms with E-state index in [9.17, 15) is 0 Å². The molecule has 0 bridgehead atoms. The van der Waals surface area contributed by atoms with Crippen molar-refractivity contribution in [2.45, 2.75) is 19.8 Å². The highest BCUT2D eigenvalue weighted by atomic mass is 13.9. The lowest BCUT2D eigenvalue weighted by Gasteiger charge is -1.89. The Balaban J connectivity index is 3.75. The molecule has 0 aliphatic heterocycles. The minimum absolute atomic E-state index is 1.12. The first-order chi connectivity index (χ1) is 4.35. The van der Waals surface area contributed by atoms with E-state index in [0.717, 1.165) is 12.0 Å². The molecule has 0 fully saturated rings. The summed E-state index contributed by atoms with van der Waals surface area (Å²) in [6, 6.07) is 0. The second-order valence-corrected chi connectivity index (χ2v) is 1.90. The average Bonchev–Trinajstić information content (AvgIpc) is 1.91. The van der Waals surface area contributed by atoms with Gasteiger partial charge in [0.15, 0.2) is 0 Å². The van der Waals surface area contributed by atoms with Crippen LogP contribution in [0, 0.1) is 0 Å². The van der Waals surface area contributed by atoms with E-state index in [0.29, 0.717) is 0 Å². The van der Waals surface area contributed by atoms with Crippen molar-refractivity contribution in [2.24, 2.45) is 0 Å². The quantitative estimate of drug-likeness (QED) is 0.503. The Morgan fingerprint density at radius 1 is 1.33 bits per heavy atom. The normalized spacial score (nSPS) is 8.11. The highest BCUT2D eigenvalue weighted by Gasteiger charge is 1.79. The summed E-state index contributed by atoms with van der Waals surface area (Å²) in [4.78, 5) is 0. The van der Waals surface area contributed by atoms with Gasteiger partial charge in [0.1, 0.15) is 0 Å². The van der Waals surface area contributed by atoms with Crippen LogP contribution in [0.3, 0.4) is 0 Å². The predicted molar refractivity (Wildman–Crippen MR) is 43.4 cm³/mol. The molecule has 0 aromatic carbocycles. The Morgan fingerprint density at radius 2 is 1.89 bits per heavy atom. The topological polar surface area (TPSA) is 0 Å². The zero-order valence-corrected chi connectivity index (χ0v) is 6.06. The fourth-order valence-corrected chi connectivity index (χ4v) is 0.561. The third-order valence-electron chi connectivity index (χ3n) is 1.14. The number of hydrogen-bond donors (Lipinski definition) is 0. The van der Waals surface area contributed by atoms with Crippen LogP contribution < -0.4 is 0 Å². The summed E-state index contributed by atoms with van der Waals surface area (Å²) in [6.45, 7) is 9.44. The van der Waals surface area contributed by atoms with E-state index < -0.39 is 0 Å². The van der Waals surface area contributed by atoms with Crippen LogP contribution in [0.25, 0.3) is 0 Å². The summed E-state index contributed by atoms with van der Waals surface area (Å²) >= 11 is 0. The molecule has 0 rings (SSSR count). The molecule has 0 saturated heterocycles. The highest BCUT2D eigenvalue weighted by molar-refractivity contribution is 5.26. The van der Waals surface area contributed by atoms with Crippen LogP contribution in [0.2, 0.25) is 0 Å². The van der Waals surface area contributed by atoms with Gasteiger partial charge in [0, 0.05) is 0 Å². The standard InChI is InChI=1S/C9H14/c1-4-7-8-9(5-2)6-3/h5-6,8H,2-4,7H2,1H3. The van der Waals surface area contributed by atoms with Crippen molar-refractivity contribution >= 4 is 0 Å². The number of hydrogen-bond acceptors (Lipinski definition) is 0. The maximum absolute atomic E-state index is 3.65. The van der Waals surface area contributed by atoms with Gasteiger partial charge in [0.05, 0.1) is 0 Å². The van der Waals surface area contributed by atoms with Crippen LogP contribution in [-0.4, -0.2) is 0 Å². The molecule has 0 N–H and O–H groups in total. The van der Waals surface area contributed by atoms with Crippen molar-refractivity contribution in [3.8, 4) is 0 Å². The predicted octanol–water partition coefficient (Wildman–Crippen LogP) is 3.08. The zero-order valence-electron chi connectivity index (χ0n) is 6.06. The lowest BCUT2D eigenvalue weighted by molar-refractivity contribution is 0.955. The van der Waals surface area contributed by atoms with Gasteiger partial charge in [0.25, 0.3) is 0 Å². The van der Waals surface area contributed by atoms with E-state index in [-0.39, 0.29) is 0 Å². The maximum atomic E-state index is 3.65. The monoisotopic (exact) mass is 122 g/mol. The van der Waals surface area contributed by atoms with E-state index in [2.05, 4.69) is 26.2 Å². The third kappa shape index (κ3) is 3.77. The second kappa shape index (κ2) is 5.36. The molecule has 0 atom stereocenters. The van der Waals surface area contributed by atoms with Crippen molar-refractivity contribution in [3.63, 3.8) is 0 Å². The minimum Gasteiger partial charge on any atom is -0.0985 e. The molecule has 0 unspecified atom stereocenters. The molecule has 0 nitrogen and oxygen atoms in total. The van der Waals surface area contributed by atoms with Crippen LogP contribution in [0.5, 0.6) is 0 Å². The van der Waals surface area contributed by atoms with Crippen LogP contribution in [0.4, 0.5) is 0 Å². The Hall–Kier alpha value is -0.780. The molecule has 0 aliphatic rings. The highest BCUT2D eigenvalue weighted by Crippen LogP contribution is 1.99. The molecule has 0 spiro atoms. The molecule has 50 valence electrons. The van der Waals surface area contributed by atoms with E-state index in [1.165, 1.54) is 6.42 Å². The molecular formula is C9H14. The van der Waals surface area contributed by atoms with Crippen molar-refractivity contribution < 1.29 is 0 Å². The molecular weight excluding hydrogens is 108 g/mol. The van der Waals surface area contributed by atoms with Gasteiger partial charge in [-0.1, -0.05) is 44.7 Å². The van der Waals surface area contributed by atoms with E-state index in [4.69, 9.17) is 0 Å². The molecule has 0 saturated carbocycles. The van der Waals surface area contributed by atoms with Gasteiger partial charge in [-0.2, -0.15) is 0 Å². The molecule has 0 heterocycles. The van der Waals surface area contributed by atoms with Crippen molar-refractivity contribution in [3.05, 3.63) is 37.0 Å². The smallest absolute Gasteiger partial charge is 0.0308 e. The SMILES string of the molecule is C=CC(C=C)=CCCC. The summed E-state index contributed by atoms with van der Waals surface area (Å²) < 4.78 is 0. The molecule has 0 heteroatoms. The third-order valence-corrected chi connectivity index (χ3v) is 1.14. The lowest BCUT2D eigenvalue weighted by Crippen LogP contribution is -1.68. The summed E-state index contributed by atoms with van der Waals surface area (Å²) in [5.74, 6) is 0. The molecule has 0 aromatic heterocycles. The van der Waals surface area contributed by atoms with Crippen molar-refractivity contribution in [1.82, 2.24) is 0 Å².